The quantitative estimate of drug-likeness (QED) is 0.176. The largest absolute Gasteiger partial charge is 0.309 e. The van der Waals surface area contributed by atoms with Crippen LogP contribution < -0.4 is 5.32 Å². The first-order valence-electron chi connectivity index (χ1n) is 19.6. The minimum Gasteiger partial charge on any atom is -0.309 e. The van der Waals surface area contributed by atoms with Gasteiger partial charge < -0.3 is 4.57 Å². The number of hydrogen-bond acceptors (Lipinski definition) is 5. The van der Waals surface area contributed by atoms with E-state index in [0.717, 1.165) is 0 Å². The molecule has 0 aliphatic carbocycles. The Hall–Kier alpha value is -6.12. The second-order valence-corrected chi connectivity index (χ2v) is 17.5. The number of nitrogens with zero attached hydrogens (tertiary/aromatic N) is 3. The van der Waals surface area contributed by atoms with Crippen LogP contribution in [0.15, 0.2) is 182 Å². The molecule has 4 unspecified atom stereocenters. The van der Waals surface area contributed by atoms with E-state index in [1.54, 1.807) is 0 Å². The van der Waals surface area contributed by atoms with Crippen LogP contribution in [0.25, 0.3) is 79.0 Å². The maximum absolute atomic E-state index is 3.90. The van der Waals surface area contributed by atoms with E-state index in [2.05, 4.69) is 202 Å². The molecule has 4 atom stereocenters. The maximum atomic E-state index is 3.90. The maximum Gasteiger partial charge on any atom is 0.119 e. The number of benzene rings is 8. The zero-order valence-corrected chi connectivity index (χ0v) is 32.3. The summed E-state index contributed by atoms with van der Waals surface area (Å²) in [6, 6.07) is 67.3. The molecule has 6 heteroatoms. The second-order valence-electron chi connectivity index (χ2n) is 15.3. The van der Waals surface area contributed by atoms with Crippen LogP contribution in [-0.4, -0.2) is 14.6 Å². The molecule has 0 saturated carbocycles. The molecular formula is C51H34N4S2. The highest BCUT2D eigenvalue weighted by atomic mass is 32.1. The summed E-state index contributed by atoms with van der Waals surface area (Å²) in [5, 5.41) is 16.8. The monoisotopic (exact) mass is 766 g/mol. The van der Waals surface area contributed by atoms with Crippen LogP contribution in [-0.2, 0) is 0 Å². The van der Waals surface area contributed by atoms with Crippen molar-refractivity contribution in [2.75, 3.05) is 0 Å². The van der Waals surface area contributed by atoms with E-state index < -0.39 is 0 Å². The minimum absolute atomic E-state index is 0.121. The van der Waals surface area contributed by atoms with E-state index in [1.165, 1.54) is 95.7 Å². The SMILES string of the molecule is c1ccc(C2NC(c3ccccc3)N3C(c4ccc5c(c4)sc4ccc(-c6cccc7sc8ccc(-n9c%10ccccc%10c%10ccccc%109)cc8c67)cc45)N23)cc1. The fourth-order valence-corrected chi connectivity index (χ4v) is 11.9. The van der Waals surface area contributed by atoms with Crippen molar-refractivity contribution in [2.45, 2.75) is 18.5 Å². The Labute approximate surface area is 337 Å². The van der Waals surface area contributed by atoms with Gasteiger partial charge in [0.1, 0.15) is 18.5 Å². The fraction of sp³-hybridized carbons (Fsp3) is 0.0588. The molecule has 4 nitrogen and oxygen atoms in total. The lowest BCUT2D eigenvalue weighted by molar-refractivity contribution is 0.314. The summed E-state index contributed by atoms with van der Waals surface area (Å²) in [5.41, 5.74) is 10.1. The molecule has 5 heterocycles. The van der Waals surface area contributed by atoms with E-state index in [-0.39, 0.29) is 18.5 Å². The van der Waals surface area contributed by atoms with Gasteiger partial charge in [-0.3, -0.25) is 5.32 Å². The van der Waals surface area contributed by atoms with E-state index in [0.29, 0.717) is 0 Å². The third-order valence-electron chi connectivity index (χ3n) is 12.2. The smallest absolute Gasteiger partial charge is 0.119 e. The van der Waals surface area contributed by atoms with Gasteiger partial charge in [0.05, 0.1) is 11.0 Å². The Balaban J connectivity index is 0.905. The van der Waals surface area contributed by atoms with Gasteiger partial charge in [-0.1, -0.05) is 127 Å². The molecule has 270 valence electrons. The van der Waals surface area contributed by atoms with Crippen molar-refractivity contribution in [3.63, 3.8) is 0 Å². The highest BCUT2D eigenvalue weighted by Gasteiger charge is 2.60. The zero-order chi connectivity index (χ0) is 37.2. The fourth-order valence-electron chi connectivity index (χ4n) is 9.64. The topological polar surface area (TPSA) is 23.0 Å². The van der Waals surface area contributed by atoms with Gasteiger partial charge >= 0.3 is 0 Å². The van der Waals surface area contributed by atoms with Crippen LogP contribution in [0.2, 0.25) is 0 Å². The normalized spacial score (nSPS) is 20.4. The lowest BCUT2D eigenvalue weighted by atomic mass is 9.97. The van der Waals surface area contributed by atoms with Gasteiger partial charge in [0.25, 0.3) is 0 Å². The molecule has 2 aliphatic heterocycles. The first-order chi connectivity index (χ1) is 28.3. The number of nitrogens with one attached hydrogen (secondary N) is 1. The summed E-state index contributed by atoms with van der Waals surface area (Å²) in [6.07, 6.45) is 0.454. The Kier molecular flexibility index (Phi) is 6.85. The standard InChI is InChI=1S/C51H34N4S2/c1-3-12-31(13-4-1)49-52-50(32-14-5-2-6-15-32)55-51(54(49)55)34-22-25-39-40-28-33(23-26-44(40)57-47(39)29-34)36-18-11-21-46-48(36)41-30-35(24-27-45(41)56-46)53-42-19-9-7-16-37(42)38-17-8-10-20-43(38)53/h1-30,49-52H. The number of thiophene rings is 2. The molecule has 2 saturated heterocycles. The van der Waals surface area contributed by atoms with Crippen molar-refractivity contribution in [2.24, 2.45) is 0 Å². The van der Waals surface area contributed by atoms with E-state index in [1.807, 2.05) is 22.7 Å². The second kappa shape index (κ2) is 12.2. The summed E-state index contributed by atoms with van der Waals surface area (Å²) < 4.78 is 7.72. The van der Waals surface area contributed by atoms with E-state index in [9.17, 15) is 0 Å². The van der Waals surface area contributed by atoms with Crippen LogP contribution in [0.3, 0.4) is 0 Å². The average molecular weight is 767 g/mol. The van der Waals surface area contributed by atoms with Crippen molar-refractivity contribution >= 4 is 84.8 Å². The molecule has 2 fully saturated rings. The highest BCUT2D eigenvalue weighted by Crippen LogP contribution is 2.57. The van der Waals surface area contributed by atoms with Gasteiger partial charge in [-0.05, 0) is 82.4 Å². The molecule has 0 bridgehead atoms. The minimum atomic E-state index is 0.121. The molecule has 1 N–H and O–H groups in total. The number of hydrogen-bond donors (Lipinski definition) is 1. The summed E-state index contributed by atoms with van der Waals surface area (Å²) >= 11 is 3.79. The number of aromatic nitrogens is 1. The Bertz CT molecular complexity index is 3280. The lowest BCUT2D eigenvalue weighted by Gasteiger charge is -2.21. The lowest BCUT2D eigenvalue weighted by Crippen LogP contribution is -2.27. The Morgan fingerprint density at radius 1 is 0.404 bits per heavy atom. The third kappa shape index (κ3) is 4.77. The van der Waals surface area contributed by atoms with Crippen LogP contribution in [0.4, 0.5) is 0 Å². The van der Waals surface area contributed by atoms with Crippen molar-refractivity contribution < 1.29 is 0 Å². The number of para-hydroxylation sites is 2. The van der Waals surface area contributed by atoms with Gasteiger partial charge in [0, 0.05) is 56.8 Å². The number of rotatable bonds is 5. The van der Waals surface area contributed by atoms with Crippen molar-refractivity contribution in [1.29, 1.82) is 0 Å². The summed E-state index contributed by atoms with van der Waals surface area (Å²) in [5.74, 6) is 0. The molecule has 0 radical (unpaired) electrons. The van der Waals surface area contributed by atoms with Gasteiger partial charge in [-0.25, -0.2) is 0 Å². The zero-order valence-electron chi connectivity index (χ0n) is 30.7. The molecule has 2 aliphatic rings. The van der Waals surface area contributed by atoms with Gasteiger partial charge in [0.2, 0.25) is 0 Å². The first kappa shape index (κ1) is 32.0. The molecule has 0 amide bonds. The van der Waals surface area contributed by atoms with Crippen LogP contribution >= 0.6 is 22.7 Å². The molecule has 8 aromatic carbocycles. The molecule has 57 heavy (non-hydrogen) atoms. The highest BCUT2D eigenvalue weighted by molar-refractivity contribution is 7.26. The predicted molar refractivity (Wildman–Crippen MR) is 240 cm³/mol. The summed E-state index contributed by atoms with van der Waals surface area (Å²) in [7, 11) is 0. The van der Waals surface area contributed by atoms with Crippen LogP contribution in [0, 0.1) is 0 Å². The van der Waals surface area contributed by atoms with Crippen LogP contribution in [0.1, 0.15) is 35.2 Å². The number of fused-ring (bicyclic) bond motifs is 10. The number of hydrazine groups is 1. The average Bonchev–Trinajstić information content (AvgIpc) is 3.58. The first-order valence-corrected chi connectivity index (χ1v) is 21.2. The van der Waals surface area contributed by atoms with E-state index >= 15 is 0 Å². The molecule has 0 spiro atoms. The Morgan fingerprint density at radius 3 is 1.75 bits per heavy atom. The molecule has 13 rings (SSSR count). The molecule has 11 aromatic rings. The summed E-state index contributed by atoms with van der Waals surface area (Å²) in [4.78, 5) is 0. The van der Waals surface area contributed by atoms with Crippen molar-refractivity contribution in [1.82, 2.24) is 19.9 Å². The Morgan fingerprint density at radius 2 is 1.04 bits per heavy atom. The molecule has 3 aromatic heterocycles. The van der Waals surface area contributed by atoms with E-state index in [4.69, 9.17) is 0 Å². The third-order valence-corrected chi connectivity index (χ3v) is 14.5. The van der Waals surface area contributed by atoms with Crippen LogP contribution in [0.5, 0.6) is 0 Å². The summed E-state index contributed by atoms with van der Waals surface area (Å²) in [6.45, 7) is 0. The molecular weight excluding hydrogens is 733 g/mol. The van der Waals surface area contributed by atoms with Gasteiger partial charge in [0.15, 0.2) is 0 Å². The van der Waals surface area contributed by atoms with Gasteiger partial charge in [-0.2, -0.15) is 10.0 Å². The van der Waals surface area contributed by atoms with Gasteiger partial charge in [-0.15, -0.1) is 22.7 Å². The van der Waals surface area contributed by atoms with Crippen molar-refractivity contribution in [3.8, 4) is 16.8 Å². The van der Waals surface area contributed by atoms with Crippen molar-refractivity contribution in [3.05, 3.63) is 199 Å². The predicted octanol–water partition coefficient (Wildman–Crippen LogP) is 13.7.